The summed E-state index contributed by atoms with van der Waals surface area (Å²) in [4.78, 5) is 32.6. The molecule has 1 unspecified atom stereocenters. The Morgan fingerprint density at radius 2 is 1.90 bits per heavy atom. The molecule has 1 atom stereocenters. The Labute approximate surface area is 241 Å². The van der Waals surface area contributed by atoms with Gasteiger partial charge < -0.3 is 5.32 Å². The first-order valence-electron chi connectivity index (χ1n) is 12.9. The maximum atomic E-state index is 15.3. The van der Waals surface area contributed by atoms with Crippen LogP contribution in [-0.2, 0) is 21.5 Å². The van der Waals surface area contributed by atoms with E-state index in [1.165, 1.54) is 22.7 Å². The van der Waals surface area contributed by atoms with Crippen molar-refractivity contribution in [3.8, 4) is 5.69 Å². The van der Waals surface area contributed by atoms with E-state index in [0.717, 1.165) is 0 Å². The highest BCUT2D eigenvalue weighted by Crippen LogP contribution is 2.48. The maximum Gasteiger partial charge on any atom is 0.240 e. The Balaban J connectivity index is 1.67. The van der Waals surface area contributed by atoms with Crippen LogP contribution in [0.1, 0.15) is 48.5 Å². The third-order valence-electron chi connectivity index (χ3n) is 6.53. The molecule has 0 fully saturated rings. The van der Waals surface area contributed by atoms with E-state index in [-0.39, 0.29) is 36.5 Å². The zero-order valence-electron chi connectivity index (χ0n) is 22.4. The molecule has 2 aromatic carbocycles. The molecule has 0 aliphatic carbocycles. The quantitative estimate of drug-likeness (QED) is 0.311. The highest BCUT2D eigenvalue weighted by atomic mass is 35.5. The van der Waals surface area contributed by atoms with Gasteiger partial charge in [-0.2, -0.15) is 5.10 Å². The molecule has 1 aliphatic rings. The van der Waals surface area contributed by atoms with E-state index in [9.17, 15) is 9.59 Å². The molecule has 40 heavy (non-hydrogen) atoms. The van der Waals surface area contributed by atoms with Gasteiger partial charge in [0.2, 0.25) is 11.8 Å². The standard InChI is InChI=1S/C30H29ClFN5O2S/c1-30(2,3)28-26-27(22-12-4-5-13-23(22)32)40-18-25(39)36(17-24(38)34-16-20-10-6-7-14-33-20)29(26)37(35-28)21-11-8-9-19(31)15-21/h4-15,27H,16-18H2,1-3H3,(H,34,38). The van der Waals surface area contributed by atoms with Gasteiger partial charge in [0.1, 0.15) is 18.2 Å². The fourth-order valence-corrected chi connectivity index (χ4v) is 6.09. The molecule has 0 saturated heterocycles. The highest BCUT2D eigenvalue weighted by Gasteiger charge is 2.40. The normalized spacial score (nSPS) is 15.5. The molecule has 7 nitrogen and oxygen atoms in total. The lowest BCUT2D eigenvalue weighted by Gasteiger charge is -2.24. The SMILES string of the molecule is CC(C)(C)c1nn(-c2cccc(Cl)c2)c2c1C(c1ccccc1F)SCC(=O)N2CC(=O)NCc1ccccn1. The van der Waals surface area contributed by atoms with Crippen molar-refractivity contribution in [3.05, 3.63) is 106 Å². The molecule has 0 saturated carbocycles. The van der Waals surface area contributed by atoms with Crippen LogP contribution in [0.3, 0.4) is 0 Å². The van der Waals surface area contributed by atoms with Crippen LogP contribution in [0, 0.1) is 5.82 Å². The van der Waals surface area contributed by atoms with Crippen molar-refractivity contribution in [1.29, 1.82) is 0 Å². The van der Waals surface area contributed by atoms with E-state index < -0.39 is 10.7 Å². The molecule has 3 heterocycles. The number of thioether (sulfide) groups is 1. The zero-order valence-corrected chi connectivity index (χ0v) is 24.0. The minimum Gasteiger partial charge on any atom is -0.349 e. The van der Waals surface area contributed by atoms with Crippen LogP contribution in [0.4, 0.5) is 10.2 Å². The number of nitrogens with one attached hydrogen (secondary N) is 1. The van der Waals surface area contributed by atoms with Crippen LogP contribution < -0.4 is 10.2 Å². The minimum atomic E-state index is -0.524. The summed E-state index contributed by atoms with van der Waals surface area (Å²) in [5.41, 5.74) is 2.73. The van der Waals surface area contributed by atoms with Gasteiger partial charge in [-0.05, 0) is 36.4 Å². The molecule has 4 aromatic rings. The first-order valence-corrected chi connectivity index (χ1v) is 14.3. The van der Waals surface area contributed by atoms with Gasteiger partial charge >= 0.3 is 0 Å². The number of hydrogen-bond acceptors (Lipinski definition) is 5. The summed E-state index contributed by atoms with van der Waals surface area (Å²) in [6.45, 7) is 6.06. The summed E-state index contributed by atoms with van der Waals surface area (Å²) in [6, 6.07) is 19.2. The Kier molecular flexibility index (Phi) is 7.96. The fourth-order valence-electron chi connectivity index (χ4n) is 4.69. The molecule has 2 amide bonds. The second kappa shape index (κ2) is 11.4. The van der Waals surface area contributed by atoms with Crippen LogP contribution in [-0.4, -0.2) is 38.9 Å². The Bertz CT molecular complexity index is 1550. The van der Waals surface area contributed by atoms with Crippen LogP contribution in [0.25, 0.3) is 5.69 Å². The number of halogens is 2. The molecule has 1 aliphatic heterocycles. The van der Waals surface area contributed by atoms with Gasteiger partial charge in [-0.1, -0.05) is 62.7 Å². The van der Waals surface area contributed by atoms with Gasteiger partial charge in [-0.25, -0.2) is 9.07 Å². The first-order chi connectivity index (χ1) is 19.1. The van der Waals surface area contributed by atoms with Crippen molar-refractivity contribution in [2.24, 2.45) is 0 Å². The van der Waals surface area contributed by atoms with Gasteiger partial charge in [-0.3, -0.25) is 19.5 Å². The molecular formula is C30H29ClFN5O2S. The summed E-state index contributed by atoms with van der Waals surface area (Å²) >= 11 is 7.69. The van der Waals surface area contributed by atoms with E-state index in [4.69, 9.17) is 16.7 Å². The lowest BCUT2D eigenvalue weighted by molar-refractivity contribution is -0.123. The van der Waals surface area contributed by atoms with Crippen molar-refractivity contribution < 1.29 is 14.0 Å². The number of aromatic nitrogens is 3. The van der Waals surface area contributed by atoms with E-state index in [1.807, 2.05) is 39.0 Å². The third kappa shape index (κ3) is 5.76. The molecule has 10 heteroatoms. The van der Waals surface area contributed by atoms with E-state index in [0.29, 0.717) is 39.0 Å². The second-order valence-electron chi connectivity index (χ2n) is 10.5. The Morgan fingerprint density at radius 3 is 2.60 bits per heavy atom. The molecule has 0 bridgehead atoms. The molecule has 1 N–H and O–H groups in total. The number of nitrogens with zero attached hydrogens (tertiary/aromatic N) is 4. The van der Waals surface area contributed by atoms with Gasteiger partial charge in [0, 0.05) is 27.8 Å². The molecule has 5 rings (SSSR count). The van der Waals surface area contributed by atoms with Gasteiger partial charge in [0.05, 0.1) is 34.6 Å². The van der Waals surface area contributed by atoms with Crippen LogP contribution >= 0.6 is 23.4 Å². The topological polar surface area (TPSA) is 80.1 Å². The predicted octanol–water partition coefficient (Wildman–Crippen LogP) is 5.84. The maximum absolute atomic E-state index is 15.3. The predicted molar refractivity (Wildman–Crippen MR) is 156 cm³/mol. The fraction of sp³-hybridized carbons (Fsp3) is 0.267. The number of amides is 2. The van der Waals surface area contributed by atoms with Crippen molar-refractivity contribution in [3.63, 3.8) is 0 Å². The Morgan fingerprint density at radius 1 is 1.12 bits per heavy atom. The van der Waals surface area contributed by atoms with Gasteiger partial charge in [-0.15, -0.1) is 11.8 Å². The average Bonchev–Trinajstić information content (AvgIpc) is 3.27. The molecule has 0 radical (unpaired) electrons. The van der Waals surface area contributed by atoms with Crippen molar-refractivity contribution in [2.75, 3.05) is 17.2 Å². The first kappa shape index (κ1) is 27.9. The van der Waals surface area contributed by atoms with E-state index in [2.05, 4.69) is 10.3 Å². The summed E-state index contributed by atoms with van der Waals surface area (Å²) < 4.78 is 16.9. The van der Waals surface area contributed by atoms with Crippen molar-refractivity contribution >= 4 is 41.0 Å². The molecule has 206 valence electrons. The van der Waals surface area contributed by atoms with Crippen LogP contribution in [0.15, 0.2) is 72.9 Å². The van der Waals surface area contributed by atoms with Gasteiger partial charge in [0.15, 0.2) is 0 Å². The van der Waals surface area contributed by atoms with Crippen LogP contribution in [0.5, 0.6) is 0 Å². The number of anilines is 1. The molecule has 2 aromatic heterocycles. The number of hydrogen-bond donors (Lipinski definition) is 1. The van der Waals surface area contributed by atoms with Crippen molar-refractivity contribution in [2.45, 2.75) is 38.0 Å². The largest absolute Gasteiger partial charge is 0.349 e. The average molecular weight is 578 g/mol. The van der Waals surface area contributed by atoms with Crippen LogP contribution in [0.2, 0.25) is 5.02 Å². The molecular weight excluding hydrogens is 549 g/mol. The van der Waals surface area contributed by atoms with Gasteiger partial charge in [0.25, 0.3) is 0 Å². The third-order valence-corrected chi connectivity index (χ3v) is 8.01. The minimum absolute atomic E-state index is 0.0559. The number of carbonyl (C=O) groups is 2. The highest BCUT2D eigenvalue weighted by molar-refractivity contribution is 8.00. The number of carbonyl (C=O) groups excluding carboxylic acids is 2. The second-order valence-corrected chi connectivity index (χ2v) is 12.0. The smallest absolute Gasteiger partial charge is 0.240 e. The number of pyridine rings is 1. The monoisotopic (exact) mass is 577 g/mol. The number of rotatable bonds is 6. The lowest BCUT2D eigenvalue weighted by atomic mass is 9.87. The van der Waals surface area contributed by atoms with Crippen molar-refractivity contribution in [1.82, 2.24) is 20.1 Å². The number of benzene rings is 2. The van der Waals surface area contributed by atoms with E-state index >= 15 is 4.39 Å². The summed E-state index contributed by atoms with van der Waals surface area (Å²) in [7, 11) is 0. The molecule has 0 spiro atoms. The number of fused-ring (bicyclic) bond motifs is 1. The summed E-state index contributed by atoms with van der Waals surface area (Å²) in [5.74, 6) is -0.503. The summed E-state index contributed by atoms with van der Waals surface area (Å²) in [5, 5.41) is 7.83. The zero-order chi connectivity index (χ0) is 28.4. The van der Waals surface area contributed by atoms with E-state index in [1.54, 1.807) is 53.3 Å². The Hall–Kier alpha value is -3.69. The summed E-state index contributed by atoms with van der Waals surface area (Å²) in [6.07, 6.45) is 1.66. The lowest BCUT2D eigenvalue weighted by Crippen LogP contribution is -2.42.